The summed E-state index contributed by atoms with van der Waals surface area (Å²) in [6.07, 6.45) is 0.989. The van der Waals surface area contributed by atoms with E-state index in [4.69, 9.17) is 4.74 Å². The Morgan fingerprint density at radius 1 is 1.29 bits per heavy atom. The summed E-state index contributed by atoms with van der Waals surface area (Å²) < 4.78 is 6.60. The first-order chi connectivity index (χ1) is 10.3. The van der Waals surface area contributed by atoms with Crippen molar-refractivity contribution in [3.63, 3.8) is 0 Å². The number of para-hydroxylation sites is 1. The fourth-order valence-electron chi connectivity index (χ4n) is 2.62. The SMILES string of the molecule is N#Cc1cc(Br)ccc1NCC1CCOc2ccccc21. The lowest BCUT2D eigenvalue weighted by Gasteiger charge is -2.26. The number of anilines is 1. The summed E-state index contributed by atoms with van der Waals surface area (Å²) in [4.78, 5) is 0. The molecule has 0 fully saturated rings. The van der Waals surface area contributed by atoms with Crippen LogP contribution in [0.2, 0.25) is 0 Å². The second kappa shape index (κ2) is 6.19. The fourth-order valence-corrected chi connectivity index (χ4v) is 2.99. The molecule has 0 radical (unpaired) electrons. The predicted molar refractivity (Wildman–Crippen MR) is 86.6 cm³/mol. The molecule has 2 aromatic carbocycles. The third-order valence-corrected chi connectivity index (χ3v) is 4.22. The highest BCUT2D eigenvalue weighted by atomic mass is 79.9. The van der Waals surface area contributed by atoms with Gasteiger partial charge in [0.1, 0.15) is 11.8 Å². The Kier molecular flexibility index (Phi) is 4.12. The summed E-state index contributed by atoms with van der Waals surface area (Å²) in [5.74, 6) is 1.39. The van der Waals surface area contributed by atoms with E-state index in [-0.39, 0.29) is 0 Å². The maximum atomic E-state index is 9.21. The Morgan fingerprint density at radius 3 is 3.00 bits per heavy atom. The topological polar surface area (TPSA) is 45.0 Å². The van der Waals surface area contributed by atoms with E-state index in [0.29, 0.717) is 11.5 Å². The van der Waals surface area contributed by atoms with Crippen LogP contribution in [0.5, 0.6) is 5.75 Å². The zero-order chi connectivity index (χ0) is 14.7. The summed E-state index contributed by atoms with van der Waals surface area (Å²) >= 11 is 3.39. The van der Waals surface area contributed by atoms with Gasteiger partial charge >= 0.3 is 0 Å². The van der Waals surface area contributed by atoms with Crippen LogP contribution in [0.3, 0.4) is 0 Å². The van der Waals surface area contributed by atoms with Crippen molar-refractivity contribution in [1.29, 1.82) is 5.26 Å². The van der Waals surface area contributed by atoms with Crippen LogP contribution in [0, 0.1) is 11.3 Å². The highest BCUT2D eigenvalue weighted by molar-refractivity contribution is 9.10. The first-order valence-electron chi connectivity index (χ1n) is 6.93. The summed E-state index contributed by atoms with van der Waals surface area (Å²) in [5, 5.41) is 12.6. The number of rotatable bonds is 3. The van der Waals surface area contributed by atoms with Crippen LogP contribution >= 0.6 is 15.9 Å². The van der Waals surface area contributed by atoms with Crippen molar-refractivity contribution in [2.24, 2.45) is 0 Å². The van der Waals surface area contributed by atoms with Gasteiger partial charge in [0.25, 0.3) is 0 Å². The van der Waals surface area contributed by atoms with Gasteiger partial charge in [-0.3, -0.25) is 0 Å². The summed E-state index contributed by atoms with van der Waals surface area (Å²) in [7, 11) is 0. The molecule has 106 valence electrons. The standard InChI is InChI=1S/C17H15BrN2O/c18-14-5-6-16(13(9-14)10-19)20-11-12-7-8-21-17-4-2-1-3-15(12)17/h1-6,9,12,20H,7-8,11H2. The van der Waals surface area contributed by atoms with E-state index in [9.17, 15) is 5.26 Å². The molecule has 4 heteroatoms. The second-order valence-electron chi connectivity index (χ2n) is 5.05. The molecule has 0 aromatic heterocycles. The predicted octanol–water partition coefficient (Wildman–Crippen LogP) is 4.30. The summed E-state index contributed by atoms with van der Waals surface area (Å²) in [6.45, 7) is 1.55. The normalized spacial score (nSPS) is 16.5. The average molecular weight is 343 g/mol. The lowest BCUT2D eigenvalue weighted by molar-refractivity contribution is 0.270. The molecule has 1 unspecified atom stereocenters. The minimum Gasteiger partial charge on any atom is -0.493 e. The number of hydrogen-bond donors (Lipinski definition) is 1. The zero-order valence-corrected chi connectivity index (χ0v) is 13.1. The van der Waals surface area contributed by atoms with Crippen molar-refractivity contribution in [2.75, 3.05) is 18.5 Å². The van der Waals surface area contributed by atoms with E-state index in [1.54, 1.807) is 0 Å². The molecule has 3 nitrogen and oxygen atoms in total. The van der Waals surface area contributed by atoms with Gasteiger partial charge in [-0.25, -0.2) is 0 Å². The molecule has 0 amide bonds. The zero-order valence-electron chi connectivity index (χ0n) is 11.5. The Morgan fingerprint density at radius 2 is 2.14 bits per heavy atom. The van der Waals surface area contributed by atoms with E-state index in [1.165, 1.54) is 5.56 Å². The number of nitrogens with one attached hydrogen (secondary N) is 1. The van der Waals surface area contributed by atoms with Gasteiger partial charge < -0.3 is 10.1 Å². The third kappa shape index (κ3) is 3.03. The molecule has 0 bridgehead atoms. The molecule has 2 aromatic rings. The largest absolute Gasteiger partial charge is 0.493 e. The first kappa shape index (κ1) is 14.0. The Bertz CT molecular complexity index is 693. The Hall–Kier alpha value is -1.99. The van der Waals surface area contributed by atoms with Gasteiger partial charge in [0.15, 0.2) is 0 Å². The minimum absolute atomic E-state index is 0.408. The Labute approximate surface area is 132 Å². The number of nitriles is 1. The second-order valence-corrected chi connectivity index (χ2v) is 5.97. The minimum atomic E-state index is 0.408. The molecule has 0 aliphatic carbocycles. The van der Waals surface area contributed by atoms with E-state index >= 15 is 0 Å². The molecule has 3 rings (SSSR count). The molecular formula is C17H15BrN2O. The highest BCUT2D eigenvalue weighted by Gasteiger charge is 2.20. The summed E-state index contributed by atoms with van der Waals surface area (Å²) in [5.41, 5.74) is 2.78. The van der Waals surface area contributed by atoms with Gasteiger partial charge in [-0.1, -0.05) is 34.1 Å². The fraction of sp³-hybridized carbons (Fsp3) is 0.235. The molecule has 1 N–H and O–H groups in total. The van der Waals surface area contributed by atoms with Crippen LogP contribution in [-0.4, -0.2) is 13.2 Å². The van der Waals surface area contributed by atoms with Crippen molar-refractivity contribution < 1.29 is 4.74 Å². The number of ether oxygens (including phenoxy) is 1. The van der Waals surface area contributed by atoms with Crippen molar-refractivity contribution in [3.05, 3.63) is 58.1 Å². The van der Waals surface area contributed by atoms with Crippen molar-refractivity contribution in [1.82, 2.24) is 0 Å². The van der Waals surface area contributed by atoms with Crippen molar-refractivity contribution >= 4 is 21.6 Å². The van der Waals surface area contributed by atoms with Crippen LogP contribution < -0.4 is 10.1 Å². The molecule has 0 saturated carbocycles. The van der Waals surface area contributed by atoms with Gasteiger partial charge in [0.2, 0.25) is 0 Å². The molecular weight excluding hydrogens is 328 g/mol. The van der Waals surface area contributed by atoms with Crippen molar-refractivity contribution in [2.45, 2.75) is 12.3 Å². The maximum Gasteiger partial charge on any atom is 0.122 e. The van der Waals surface area contributed by atoms with E-state index in [2.05, 4.69) is 33.4 Å². The van der Waals surface area contributed by atoms with Gasteiger partial charge in [0.05, 0.1) is 17.9 Å². The molecule has 0 spiro atoms. The Balaban J connectivity index is 1.76. The highest BCUT2D eigenvalue weighted by Crippen LogP contribution is 2.33. The van der Waals surface area contributed by atoms with Gasteiger partial charge in [-0.15, -0.1) is 0 Å². The lowest BCUT2D eigenvalue weighted by Crippen LogP contribution is -2.21. The van der Waals surface area contributed by atoms with Crippen LogP contribution in [0.4, 0.5) is 5.69 Å². The number of hydrogen-bond acceptors (Lipinski definition) is 3. The molecule has 1 aliphatic rings. The van der Waals surface area contributed by atoms with Gasteiger partial charge in [-0.2, -0.15) is 5.26 Å². The molecule has 1 atom stereocenters. The van der Waals surface area contributed by atoms with Crippen LogP contribution in [-0.2, 0) is 0 Å². The number of benzene rings is 2. The van der Waals surface area contributed by atoms with E-state index < -0.39 is 0 Å². The average Bonchev–Trinajstić information content (AvgIpc) is 2.53. The molecule has 21 heavy (non-hydrogen) atoms. The number of fused-ring (bicyclic) bond motifs is 1. The molecule has 1 aliphatic heterocycles. The van der Waals surface area contributed by atoms with Crippen LogP contribution in [0.15, 0.2) is 46.9 Å². The molecule has 0 saturated heterocycles. The van der Waals surface area contributed by atoms with Crippen molar-refractivity contribution in [3.8, 4) is 11.8 Å². The first-order valence-corrected chi connectivity index (χ1v) is 7.72. The quantitative estimate of drug-likeness (QED) is 0.904. The summed E-state index contributed by atoms with van der Waals surface area (Å²) in [6, 6.07) is 16.1. The van der Waals surface area contributed by atoms with Gasteiger partial charge in [-0.05, 0) is 36.2 Å². The smallest absolute Gasteiger partial charge is 0.122 e. The van der Waals surface area contributed by atoms with E-state index in [1.807, 2.05) is 36.4 Å². The maximum absolute atomic E-state index is 9.21. The van der Waals surface area contributed by atoms with Crippen LogP contribution in [0.25, 0.3) is 0 Å². The third-order valence-electron chi connectivity index (χ3n) is 3.72. The monoisotopic (exact) mass is 342 g/mol. The lowest BCUT2D eigenvalue weighted by atomic mass is 9.93. The van der Waals surface area contributed by atoms with Crippen LogP contribution in [0.1, 0.15) is 23.5 Å². The number of nitrogens with zero attached hydrogens (tertiary/aromatic N) is 1. The molecule has 1 heterocycles. The number of halogens is 1. The van der Waals surface area contributed by atoms with Gasteiger partial charge in [0, 0.05) is 16.9 Å². The van der Waals surface area contributed by atoms with E-state index in [0.717, 1.165) is 35.5 Å².